The van der Waals surface area contributed by atoms with Gasteiger partial charge in [-0.15, -0.1) is 6.42 Å². The van der Waals surface area contributed by atoms with Gasteiger partial charge in [-0.1, -0.05) is 89.2 Å². The van der Waals surface area contributed by atoms with Crippen LogP contribution in [-0.2, 0) is 4.79 Å². The Labute approximate surface area is 369 Å². The number of terminal acetylenes is 1. The SMILES string of the molecule is Brc1cc(Br)cc(Br)c1.C#Cc1ccc(OC(C)=O)cc1.O.Oc1ccc(C#Cc2cc(C#Cc3ccc(O)cc3)cc(C#Cc3ccc(O)cc3)c2)cc1.[Li+].[OH-]. The molecule has 6 N–H and O–H groups in total. The second kappa shape index (κ2) is 25.5. The van der Waals surface area contributed by atoms with Gasteiger partial charge in [0.05, 0.1) is 0 Å². The van der Waals surface area contributed by atoms with Crippen molar-refractivity contribution in [1.29, 1.82) is 0 Å². The second-order valence-electron chi connectivity index (χ2n) is 11.0. The Morgan fingerprint density at radius 3 is 1.02 bits per heavy atom. The van der Waals surface area contributed by atoms with E-state index in [-0.39, 0.29) is 53.0 Å². The van der Waals surface area contributed by atoms with Crippen molar-refractivity contribution in [2.75, 3.05) is 0 Å². The number of carbonyl (C=O) groups is 1. The van der Waals surface area contributed by atoms with Crippen LogP contribution in [0.15, 0.2) is 147 Å². The van der Waals surface area contributed by atoms with E-state index < -0.39 is 0 Å². The zero-order valence-electron chi connectivity index (χ0n) is 30.5. The van der Waals surface area contributed by atoms with Gasteiger partial charge in [0, 0.05) is 59.3 Å². The number of benzene rings is 6. The maximum absolute atomic E-state index is 10.5. The number of carbonyl (C=O) groups excluding carboxylic acids is 1. The summed E-state index contributed by atoms with van der Waals surface area (Å²) in [6, 6.07) is 38.5. The van der Waals surface area contributed by atoms with Gasteiger partial charge in [-0.3, -0.25) is 4.79 Å². The molecule has 0 fully saturated rings. The molecule has 57 heavy (non-hydrogen) atoms. The molecule has 0 amide bonds. The van der Waals surface area contributed by atoms with Crippen molar-refractivity contribution >= 4 is 53.8 Å². The smallest absolute Gasteiger partial charge is 0.870 e. The molecular formula is C46H32Br3LiO7. The third-order valence-corrected chi connectivity index (χ3v) is 8.07. The molecule has 0 saturated heterocycles. The number of aromatic hydroxyl groups is 3. The summed E-state index contributed by atoms with van der Waals surface area (Å²) in [5, 5.41) is 28.3. The third kappa shape index (κ3) is 18.7. The van der Waals surface area contributed by atoms with Crippen molar-refractivity contribution < 1.29 is 54.7 Å². The minimum Gasteiger partial charge on any atom is -0.870 e. The van der Waals surface area contributed by atoms with E-state index in [0.29, 0.717) is 5.75 Å². The standard InChI is InChI=1S/C30H18O3.C10H8O2.C6H3Br3.Li.2H2O/c31-28-13-7-22(8-14-28)1-4-25-19-26(5-2-23-9-15-29(32)16-10-23)21-27(20-25)6-3-24-11-17-30(33)18-12-24;1-3-9-4-6-10(7-5-9)12-8(2)11;7-4-1-5(8)3-6(9)2-4;;;/h7-21,31-33H;1,4-7H,2H3;1-3H;;2*1H2/q;;;+1;;/p-1. The number of phenolic OH excluding ortho intramolecular Hbond substituents is 3. The summed E-state index contributed by atoms with van der Waals surface area (Å²) in [4.78, 5) is 10.5. The fraction of sp³-hybridized carbons (Fsp3) is 0.0217. The molecule has 11 heteroatoms. The molecule has 6 rings (SSSR count). The molecule has 6 aromatic carbocycles. The van der Waals surface area contributed by atoms with Crippen LogP contribution in [0.25, 0.3) is 0 Å². The summed E-state index contributed by atoms with van der Waals surface area (Å²) >= 11 is 10.1. The number of phenols is 3. The van der Waals surface area contributed by atoms with E-state index in [2.05, 4.69) is 89.2 Å². The van der Waals surface area contributed by atoms with E-state index in [0.717, 1.165) is 52.4 Å². The zero-order valence-corrected chi connectivity index (χ0v) is 35.3. The van der Waals surface area contributed by atoms with Crippen molar-refractivity contribution in [3.05, 3.63) is 186 Å². The molecule has 280 valence electrons. The van der Waals surface area contributed by atoms with Crippen molar-refractivity contribution in [3.63, 3.8) is 0 Å². The van der Waals surface area contributed by atoms with Crippen LogP contribution in [0.5, 0.6) is 23.0 Å². The van der Waals surface area contributed by atoms with Gasteiger partial charge in [0.2, 0.25) is 0 Å². The first kappa shape index (κ1) is 49.4. The molecule has 0 aromatic heterocycles. The van der Waals surface area contributed by atoms with Crippen LogP contribution in [0, 0.1) is 47.9 Å². The van der Waals surface area contributed by atoms with Gasteiger partial charge in [0.25, 0.3) is 0 Å². The first-order chi connectivity index (χ1) is 25.9. The van der Waals surface area contributed by atoms with Gasteiger partial charge in [0.15, 0.2) is 0 Å². The molecule has 7 nitrogen and oxygen atoms in total. The van der Waals surface area contributed by atoms with Gasteiger partial charge >= 0.3 is 24.8 Å². The Morgan fingerprint density at radius 1 is 0.491 bits per heavy atom. The maximum atomic E-state index is 10.5. The van der Waals surface area contributed by atoms with Crippen LogP contribution in [0.2, 0.25) is 0 Å². The number of esters is 1. The normalized spacial score (nSPS) is 8.82. The van der Waals surface area contributed by atoms with E-state index in [9.17, 15) is 20.1 Å². The van der Waals surface area contributed by atoms with Gasteiger partial charge in [-0.05, 0) is 133 Å². The Bertz CT molecular complexity index is 2220. The Kier molecular flexibility index (Phi) is 22.1. The Hall–Kier alpha value is -5.61. The molecule has 0 radical (unpaired) electrons. The first-order valence-electron chi connectivity index (χ1n) is 15.9. The largest absolute Gasteiger partial charge is 1.00 e. The molecular weight excluding hydrogens is 911 g/mol. The van der Waals surface area contributed by atoms with Crippen LogP contribution in [0.4, 0.5) is 0 Å². The van der Waals surface area contributed by atoms with E-state index in [1.165, 1.54) is 6.92 Å². The number of hydrogen-bond acceptors (Lipinski definition) is 6. The maximum Gasteiger partial charge on any atom is 1.00 e. The Morgan fingerprint density at radius 2 is 0.754 bits per heavy atom. The number of rotatable bonds is 1. The van der Waals surface area contributed by atoms with E-state index in [1.54, 1.807) is 97.1 Å². The second-order valence-corrected chi connectivity index (χ2v) is 13.8. The fourth-order valence-corrected chi connectivity index (χ4v) is 6.62. The molecule has 6 aromatic rings. The third-order valence-electron chi connectivity index (χ3n) is 6.70. The average Bonchev–Trinajstić information content (AvgIpc) is 3.14. The minimum atomic E-state index is -0.330. The van der Waals surface area contributed by atoms with Gasteiger partial charge in [0.1, 0.15) is 23.0 Å². The predicted molar refractivity (Wildman–Crippen MR) is 229 cm³/mol. The Balaban J connectivity index is 0.000000557. The van der Waals surface area contributed by atoms with E-state index in [4.69, 9.17) is 11.2 Å². The minimum absolute atomic E-state index is 0. The van der Waals surface area contributed by atoms with Crippen molar-refractivity contribution in [3.8, 4) is 70.9 Å². The molecule has 0 unspecified atom stereocenters. The summed E-state index contributed by atoms with van der Waals surface area (Å²) in [5.41, 5.74) is 5.40. The van der Waals surface area contributed by atoms with Crippen molar-refractivity contribution in [2.24, 2.45) is 0 Å². The monoisotopic (exact) mass is 940 g/mol. The van der Waals surface area contributed by atoms with Crippen LogP contribution < -0.4 is 23.6 Å². The number of hydrogen-bond donors (Lipinski definition) is 3. The molecule has 0 aliphatic carbocycles. The van der Waals surface area contributed by atoms with Gasteiger partial charge < -0.3 is 31.0 Å². The van der Waals surface area contributed by atoms with Crippen molar-refractivity contribution in [2.45, 2.75) is 6.92 Å². The van der Waals surface area contributed by atoms with E-state index in [1.807, 2.05) is 36.4 Å². The summed E-state index contributed by atoms with van der Waals surface area (Å²) in [6.45, 7) is 1.36. The summed E-state index contributed by atoms with van der Waals surface area (Å²) in [7, 11) is 0. The van der Waals surface area contributed by atoms with Gasteiger partial charge in [-0.2, -0.15) is 0 Å². The zero-order chi connectivity index (χ0) is 38.9. The number of ether oxygens (including phenoxy) is 1. The van der Waals surface area contributed by atoms with Crippen LogP contribution in [0.3, 0.4) is 0 Å². The average molecular weight is 943 g/mol. The van der Waals surface area contributed by atoms with Crippen LogP contribution >= 0.6 is 47.8 Å². The first-order valence-corrected chi connectivity index (χ1v) is 18.3. The molecule has 0 heterocycles. The molecule has 0 bridgehead atoms. The van der Waals surface area contributed by atoms with E-state index >= 15 is 0 Å². The molecule has 0 spiro atoms. The summed E-state index contributed by atoms with van der Waals surface area (Å²) < 4.78 is 8.02. The van der Waals surface area contributed by atoms with Crippen LogP contribution in [-0.4, -0.2) is 32.2 Å². The van der Waals surface area contributed by atoms with Gasteiger partial charge in [-0.25, -0.2) is 0 Å². The molecule has 0 saturated carbocycles. The summed E-state index contributed by atoms with van der Waals surface area (Å²) in [6.07, 6.45) is 5.14. The van der Waals surface area contributed by atoms with Crippen molar-refractivity contribution in [1.82, 2.24) is 0 Å². The molecule has 0 atom stereocenters. The van der Waals surface area contributed by atoms with Crippen LogP contribution in [0.1, 0.15) is 45.9 Å². The predicted octanol–water partition coefficient (Wildman–Crippen LogP) is 6.57. The fourth-order valence-electron chi connectivity index (χ4n) is 4.22. The topological polar surface area (TPSA) is 148 Å². The number of halogens is 3. The quantitative estimate of drug-likeness (QED) is 0.0736. The molecule has 0 aliphatic rings. The summed E-state index contributed by atoms with van der Waals surface area (Å²) in [5.74, 6) is 21.9. The molecule has 0 aliphatic heterocycles.